The maximum Gasteiger partial charge on any atom is 0.508 e. The van der Waals surface area contributed by atoms with Gasteiger partial charge in [-0.15, -0.1) is 6.42 Å². The van der Waals surface area contributed by atoms with Crippen LogP contribution in [0.2, 0.25) is 0 Å². The van der Waals surface area contributed by atoms with Gasteiger partial charge in [-0.25, -0.2) is 9.78 Å². The predicted octanol–water partition coefficient (Wildman–Crippen LogP) is 2.03. The van der Waals surface area contributed by atoms with Gasteiger partial charge in [0.05, 0.1) is 12.9 Å². The second-order valence-electron chi connectivity index (χ2n) is 7.04. The van der Waals surface area contributed by atoms with Crippen LogP contribution in [0.5, 0.6) is 0 Å². The molecule has 1 fully saturated rings. The van der Waals surface area contributed by atoms with Crippen molar-refractivity contribution >= 4 is 29.1 Å². The lowest BCUT2D eigenvalue weighted by Crippen LogP contribution is -2.34. The minimum Gasteiger partial charge on any atom is -0.481 e. The minimum absolute atomic E-state index is 0.0745. The van der Waals surface area contributed by atoms with E-state index in [0.717, 1.165) is 0 Å². The molecule has 2 atom stereocenters. The van der Waals surface area contributed by atoms with Crippen LogP contribution in [0.1, 0.15) is 44.8 Å². The van der Waals surface area contributed by atoms with E-state index in [1.807, 2.05) is 0 Å². The van der Waals surface area contributed by atoms with Crippen LogP contribution >= 0.6 is 0 Å². The predicted molar refractivity (Wildman–Crippen MR) is 104 cm³/mol. The van der Waals surface area contributed by atoms with Gasteiger partial charge in [-0.1, -0.05) is 5.92 Å². The molecule has 2 aromatic rings. The number of hydrogen-bond acceptors (Lipinski definition) is 9. The van der Waals surface area contributed by atoms with Crippen molar-refractivity contribution in [2.75, 3.05) is 18.9 Å². The number of nitrogens with two attached hydrogens (primary N) is 1. The number of aromatic nitrogens is 4. The van der Waals surface area contributed by atoms with Crippen molar-refractivity contribution in [3.05, 3.63) is 12.4 Å². The molecule has 1 saturated heterocycles. The number of carboxylic acids is 1. The van der Waals surface area contributed by atoms with E-state index in [4.69, 9.17) is 31.5 Å². The number of carbonyl (C=O) groups excluding carboxylic acids is 1. The third kappa shape index (κ3) is 5.37. The Labute approximate surface area is 176 Å². The van der Waals surface area contributed by atoms with Crippen molar-refractivity contribution in [2.24, 2.45) is 0 Å². The van der Waals surface area contributed by atoms with Crippen molar-refractivity contribution in [3.8, 4) is 12.3 Å². The Morgan fingerprint density at radius 3 is 2.94 bits per heavy atom. The minimum atomic E-state index is -1.18. The average molecular weight is 435 g/mol. The number of imidazole rings is 1. The lowest BCUT2D eigenvalue weighted by molar-refractivity contribution is -0.137. The molecule has 1 aliphatic rings. The van der Waals surface area contributed by atoms with E-state index >= 15 is 0 Å². The Morgan fingerprint density at radius 2 is 2.19 bits per heavy atom. The molecule has 3 N–H and O–H groups in total. The number of rotatable bonds is 9. The standard InChI is InChI=1S/C19H22FN5O6/c1-2-19(10-30-18(28)29-9-5-3-4-6-13(26)27)8-7-12(31-19)25-11-22-14-15(21)23-17(20)24-16(14)25/h1,11-12H,3-10H2,(H,26,27)(H2,21,23,24). The van der Waals surface area contributed by atoms with Crippen LogP contribution in [0.4, 0.5) is 15.0 Å². The van der Waals surface area contributed by atoms with E-state index in [0.29, 0.717) is 32.1 Å². The highest BCUT2D eigenvalue weighted by Crippen LogP contribution is 2.38. The molecule has 11 nitrogen and oxygen atoms in total. The third-order valence-corrected chi connectivity index (χ3v) is 4.83. The zero-order valence-electron chi connectivity index (χ0n) is 16.6. The monoisotopic (exact) mass is 435 g/mol. The van der Waals surface area contributed by atoms with Crippen molar-refractivity contribution in [2.45, 2.75) is 50.4 Å². The first kappa shape index (κ1) is 22.2. The maximum absolute atomic E-state index is 13.6. The third-order valence-electron chi connectivity index (χ3n) is 4.83. The number of fused-ring (bicyclic) bond motifs is 1. The topological polar surface area (TPSA) is 152 Å². The summed E-state index contributed by atoms with van der Waals surface area (Å²) in [5, 5.41) is 8.57. The smallest absolute Gasteiger partial charge is 0.481 e. The summed E-state index contributed by atoms with van der Waals surface area (Å²) < 4.78 is 31.1. The molecule has 0 saturated carbocycles. The summed E-state index contributed by atoms with van der Waals surface area (Å²) >= 11 is 0. The molecule has 1 aliphatic heterocycles. The van der Waals surface area contributed by atoms with E-state index in [9.17, 15) is 14.0 Å². The highest BCUT2D eigenvalue weighted by molar-refractivity contribution is 5.81. The highest BCUT2D eigenvalue weighted by Gasteiger charge is 2.41. The van der Waals surface area contributed by atoms with Crippen LogP contribution in [0.3, 0.4) is 0 Å². The van der Waals surface area contributed by atoms with Crippen LogP contribution in [0, 0.1) is 18.4 Å². The van der Waals surface area contributed by atoms with Gasteiger partial charge >= 0.3 is 18.2 Å². The van der Waals surface area contributed by atoms with E-state index in [1.54, 1.807) is 0 Å². The number of nitrogen functional groups attached to an aromatic ring is 1. The number of nitrogens with zero attached hydrogens (tertiary/aromatic N) is 4. The van der Waals surface area contributed by atoms with Crippen LogP contribution in [-0.2, 0) is 19.0 Å². The molecule has 0 radical (unpaired) electrons. The van der Waals surface area contributed by atoms with E-state index in [1.165, 1.54) is 10.9 Å². The molecular formula is C19H22FN5O6. The number of ether oxygens (including phenoxy) is 3. The fourth-order valence-electron chi connectivity index (χ4n) is 3.23. The molecule has 166 valence electrons. The molecular weight excluding hydrogens is 413 g/mol. The van der Waals surface area contributed by atoms with Gasteiger partial charge in [-0.3, -0.25) is 9.36 Å². The van der Waals surface area contributed by atoms with Crippen molar-refractivity contribution in [1.29, 1.82) is 0 Å². The first-order valence-electron chi connectivity index (χ1n) is 9.66. The average Bonchev–Trinajstić information content (AvgIpc) is 3.33. The fraction of sp³-hybridized carbons (Fsp3) is 0.526. The Morgan fingerprint density at radius 1 is 1.39 bits per heavy atom. The van der Waals surface area contributed by atoms with Crippen molar-refractivity contribution in [1.82, 2.24) is 19.5 Å². The lowest BCUT2D eigenvalue weighted by atomic mass is 10.0. The first-order chi connectivity index (χ1) is 14.8. The molecule has 0 aliphatic carbocycles. The quantitative estimate of drug-likeness (QED) is 0.259. The van der Waals surface area contributed by atoms with Crippen molar-refractivity contribution in [3.63, 3.8) is 0 Å². The van der Waals surface area contributed by atoms with Crippen LogP contribution in [-0.4, -0.2) is 55.6 Å². The zero-order valence-corrected chi connectivity index (χ0v) is 16.6. The number of terminal acetylenes is 1. The maximum atomic E-state index is 13.6. The summed E-state index contributed by atoms with van der Waals surface area (Å²) in [4.78, 5) is 33.5. The van der Waals surface area contributed by atoms with Gasteiger partial charge in [-0.05, 0) is 32.1 Å². The number of anilines is 1. The SMILES string of the molecule is C#CC1(COC(=O)OCCCCCC(=O)O)CCC(n2cnc3c(N)nc(F)nc32)O1. The molecule has 0 aromatic carbocycles. The number of aliphatic carboxylic acids is 1. The molecule has 0 spiro atoms. The Hall–Kier alpha value is -3.46. The second-order valence-corrected chi connectivity index (χ2v) is 7.04. The van der Waals surface area contributed by atoms with Gasteiger partial charge in [0.2, 0.25) is 0 Å². The molecule has 0 bridgehead atoms. The Kier molecular flexibility index (Phi) is 6.86. The summed E-state index contributed by atoms with van der Waals surface area (Å²) in [6.45, 7) is -0.116. The van der Waals surface area contributed by atoms with E-state index in [-0.39, 0.29) is 36.6 Å². The zero-order chi connectivity index (χ0) is 22.4. The van der Waals surface area contributed by atoms with Gasteiger partial charge in [0.1, 0.15) is 12.8 Å². The highest BCUT2D eigenvalue weighted by atomic mass is 19.1. The number of halogens is 1. The molecule has 31 heavy (non-hydrogen) atoms. The molecule has 3 rings (SSSR count). The van der Waals surface area contributed by atoms with Crippen LogP contribution < -0.4 is 5.73 Å². The van der Waals surface area contributed by atoms with Gasteiger partial charge in [0, 0.05) is 6.42 Å². The number of carboxylic acid groups (broad SMARTS) is 1. The molecule has 0 amide bonds. The Bertz CT molecular complexity index is 1010. The Balaban J connectivity index is 1.52. The number of hydrogen-bond donors (Lipinski definition) is 2. The van der Waals surface area contributed by atoms with E-state index in [2.05, 4.69) is 20.9 Å². The summed E-state index contributed by atoms with van der Waals surface area (Å²) in [5.41, 5.74) is 4.90. The lowest BCUT2D eigenvalue weighted by Gasteiger charge is -2.23. The molecule has 2 unspecified atom stereocenters. The summed E-state index contributed by atoms with van der Waals surface area (Å²) in [6, 6.07) is 0. The number of unbranched alkanes of at least 4 members (excludes halogenated alkanes) is 2. The number of carbonyl (C=O) groups is 2. The summed E-state index contributed by atoms with van der Waals surface area (Å²) in [5.74, 6) is 1.57. The van der Waals surface area contributed by atoms with Gasteiger partial charge in [0.25, 0.3) is 0 Å². The van der Waals surface area contributed by atoms with Crippen molar-refractivity contribution < 1.29 is 33.3 Å². The summed E-state index contributed by atoms with van der Waals surface area (Å²) in [7, 11) is 0. The normalized spacial score (nSPS) is 20.5. The molecule has 2 aromatic heterocycles. The molecule has 12 heteroatoms. The first-order valence-corrected chi connectivity index (χ1v) is 9.66. The van der Waals surface area contributed by atoms with E-state index < -0.39 is 30.0 Å². The van der Waals surface area contributed by atoms with Gasteiger partial charge in [0.15, 0.2) is 22.6 Å². The van der Waals surface area contributed by atoms with Gasteiger partial charge < -0.3 is 25.1 Å². The van der Waals surface area contributed by atoms with Crippen LogP contribution in [0.15, 0.2) is 6.33 Å². The fourth-order valence-corrected chi connectivity index (χ4v) is 3.23. The summed E-state index contributed by atoms with van der Waals surface area (Å²) in [6.07, 6.45) is 7.09. The second kappa shape index (κ2) is 9.57. The molecule has 3 heterocycles. The van der Waals surface area contributed by atoms with Gasteiger partial charge in [-0.2, -0.15) is 14.4 Å². The van der Waals surface area contributed by atoms with Crippen LogP contribution in [0.25, 0.3) is 11.2 Å². The largest absolute Gasteiger partial charge is 0.508 e.